The molecule has 0 radical (unpaired) electrons. The minimum atomic E-state index is -3.66. The zero-order chi connectivity index (χ0) is 23.7. The Morgan fingerprint density at radius 3 is 2.50 bits per heavy atom. The SMILES string of the molecule is COc1ccc(-c2ccncc2)cc1-n1c(=O)ccc2cc(S(=O)(=O)Cc3ccon3)ccc21. The molecule has 2 aromatic carbocycles. The molecule has 0 N–H and O–H groups in total. The van der Waals surface area contributed by atoms with Crippen LogP contribution >= 0.6 is 0 Å². The van der Waals surface area contributed by atoms with Gasteiger partial charge < -0.3 is 9.26 Å². The van der Waals surface area contributed by atoms with Gasteiger partial charge in [0.1, 0.15) is 17.8 Å². The Hall–Kier alpha value is -4.24. The van der Waals surface area contributed by atoms with Crippen LogP contribution in [0.25, 0.3) is 27.7 Å². The van der Waals surface area contributed by atoms with Gasteiger partial charge in [0.05, 0.1) is 28.9 Å². The monoisotopic (exact) mass is 473 g/mol. The van der Waals surface area contributed by atoms with Gasteiger partial charge in [-0.25, -0.2) is 8.42 Å². The van der Waals surface area contributed by atoms with Crippen LogP contribution in [0, 0.1) is 0 Å². The first kappa shape index (κ1) is 21.6. The number of hydrogen-bond acceptors (Lipinski definition) is 7. The van der Waals surface area contributed by atoms with Crippen molar-refractivity contribution in [3.8, 4) is 22.6 Å². The smallest absolute Gasteiger partial charge is 0.255 e. The van der Waals surface area contributed by atoms with E-state index in [0.717, 1.165) is 11.1 Å². The summed E-state index contributed by atoms with van der Waals surface area (Å²) in [6.45, 7) is 0. The number of benzene rings is 2. The second kappa shape index (κ2) is 8.60. The van der Waals surface area contributed by atoms with Crippen LogP contribution in [0.3, 0.4) is 0 Å². The molecule has 0 saturated heterocycles. The molecule has 5 rings (SSSR count). The Morgan fingerprint density at radius 1 is 0.941 bits per heavy atom. The molecule has 0 aliphatic heterocycles. The van der Waals surface area contributed by atoms with Gasteiger partial charge in [-0.3, -0.25) is 14.3 Å². The maximum atomic E-state index is 13.0. The van der Waals surface area contributed by atoms with Crippen LogP contribution < -0.4 is 10.3 Å². The number of nitrogens with zero attached hydrogens (tertiary/aromatic N) is 3. The standard InChI is InChI=1S/C25H19N3O5S/c1-32-24-6-2-18(17-8-11-26-12-9-17)15-23(24)28-22-5-4-21(14-19(22)3-7-25(28)29)34(30,31)16-20-10-13-33-27-20/h2-15H,16H2,1H3. The molecule has 0 aliphatic carbocycles. The third kappa shape index (κ3) is 3.97. The lowest BCUT2D eigenvalue weighted by Crippen LogP contribution is -2.18. The average Bonchev–Trinajstić information content (AvgIpc) is 3.36. The van der Waals surface area contributed by atoms with Crippen LogP contribution in [0.15, 0.2) is 99.6 Å². The lowest BCUT2D eigenvalue weighted by atomic mass is 10.1. The first-order chi connectivity index (χ1) is 16.5. The molecule has 3 aromatic heterocycles. The summed E-state index contributed by atoms with van der Waals surface area (Å²) >= 11 is 0. The van der Waals surface area contributed by atoms with Crippen LogP contribution in [-0.4, -0.2) is 30.2 Å². The van der Waals surface area contributed by atoms with Crippen LogP contribution in [0.4, 0.5) is 0 Å². The van der Waals surface area contributed by atoms with E-state index >= 15 is 0 Å². The maximum Gasteiger partial charge on any atom is 0.255 e. The van der Waals surface area contributed by atoms with Gasteiger partial charge in [0.15, 0.2) is 9.84 Å². The van der Waals surface area contributed by atoms with E-state index in [1.165, 1.54) is 36.1 Å². The van der Waals surface area contributed by atoms with E-state index in [0.29, 0.717) is 28.0 Å². The van der Waals surface area contributed by atoms with Gasteiger partial charge in [-0.05, 0) is 59.7 Å². The second-order valence-electron chi connectivity index (χ2n) is 7.60. The maximum absolute atomic E-state index is 13.0. The third-order valence-electron chi connectivity index (χ3n) is 5.49. The summed E-state index contributed by atoms with van der Waals surface area (Å²) in [4.78, 5) is 17.2. The van der Waals surface area contributed by atoms with Crippen molar-refractivity contribution in [2.24, 2.45) is 0 Å². The van der Waals surface area contributed by atoms with E-state index in [2.05, 4.69) is 10.1 Å². The number of fused-ring (bicyclic) bond motifs is 1. The summed E-state index contributed by atoms with van der Waals surface area (Å²) in [7, 11) is -2.12. The third-order valence-corrected chi connectivity index (χ3v) is 7.14. The van der Waals surface area contributed by atoms with E-state index < -0.39 is 9.84 Å². The number of aromatic nitrogens is 3. The van der Waals surface area contributed by atoms with E-state index in [1.54, 1.807) is 36.7 Å². The highest BCUT2D eigenvalue weighted by Crippen LogP contribution is 2.31. The number of ether oxygens (including phenoxy) is 1. The minimum absolute atomic E-state index is 0.130. The fourth-order valence-corrected chi connectivity index (χ4v) is 5.13. The lowest BCUT2D eigenvalue weighted by Gasteiger charge is -2.16. The minimum Gasteiger partial charge on any atom is -0.495 e. The Bertz CT molecular complexity index is 1640. The molecule has 0 atom stereocenters. The molecule has 0 aliphatic rings. The second-order valence-corrected chi connectivity index (χ2v) is 9.59. The summed E-state index contributed by atoms with van der Waals surface area (Å²) < 4.78 is 37.6. The highest BCUT2D eigenvalue weighted by atomic mass is 32.2. The first-order valence-corrected chi connectivity index (χ1v) is 12.0. The van der Waals surface area contributed by atoms with E-state index in [-0.39, 0.29) is 16.2 Å². The lowest BCUT2D eigenvalue weighted by molar-refractivity contribution is 0.413. The molecule has 0 saturated carbocycles. The molecule has 0 fully saturated rings. The van der Waals surface area contributed by atoms with Gasteiger partial charge in [-0.2, -0.15) is 0 Å². The number of hydrogen-bond donors (Lipinski definition) is 0. The highest BCUT2D eigenvalue weighted by molar-refractivity contribution is 7.90. The quantitative estimate of drug-likeness (QED) is 0.367. The van der Waals surface area contributed by atoms with Crippen molar-refractivity contribution in [1.29, 1.82) is 0 Å². The van der Waals surface area contributed by atoms with Crippen molar-refractivity contribution in [3.63, 3.8) is 0 Å². The molecule has 3 heterocycles. The van der Waals surface area contributed by atoms with Gasteiger partial charge in [-0.1, -0.05) is 11.2 Å². The van der Waals surface area contributed by atoms with Crippen molar-refractivity contribution >= 4 is 20.7 Å². The van der Waals surface area contributed by atoms with Crippen LogP contribution in [0.1, 0.15) is 5.69 Å². The van der Waals surface area contributed by atoms with Crippen molar-refractivity contribution in [2.45, 2.75) is 10.6 Å². The largest absolute Gasteiger partial charge is 0.495 e. The van der Waals surface area contributed by atoms with Gasteiger partial charge in [0.25, 0.3) is 5.56 Å². The van der Waals surface area contributed by atoms with Gasteiger partial charge in [0, 0.05) is 29.9 Å². The molecule has 0 bridgehead atoms. The number of methoxy groups -OCH3 is 1. The van der Waals surface area contributed by atoms with E-state index in [1.807, 2.05) is 24.3 Å². The molecule has 8 nitrogen and oxygen atoms in total. The molecular formula is C25H19N3O5S. The first-order valence-electron chi connectivity index (χ1n) is 10.3. The summed E-state index contributed by atoms with van der Waals surface area (Å²) in [6, 6.07) is 18.5. The van der Waals surface area contributed by atoms with Crippen LogP contribution in [0.2, 0.25) is 0 Å². The van der Waals surface area contributed by atoms with E-state index in [9.17, 15) is 13.2 Å². The Labute approximate surface area is 195 Å². The number of rotatable bonds is 6. The summed E-state index contributed by atoms with van der Waals surface area (Å²) in [6.07, 6.45) is 4.73. The normalized spacial score (nSPS) is 11.6. The van der Waals surface area contributed by atoms with Crippen molar-refractivity contribution < 1.29 is 17.7 Å². The number of sulfone groups is 1. The molecule has 170 valence electrons. The Kier molecular flexibility index (Phi) is 5.46. The summed E-state index contributed by atoms with van der Waals surface area (Å²) in [5, 5.41) is 4.28. The Balaban J connectivity index is 1.66. The fraction of sp³-hybridized carbons (Fsp3) is 0.0800. The topological polar surface area (TPSA) is 104 Å². The van der Waals surface area contributed by atoms with Gasteiger partial charge >= 0.3 is 0 Å². The summed E-state index contributed by atoms with van der Waals surface area (Å²) in [5.74, 6) is 0.228. The zero-order valence-electron chi connectivity index (χ0n) is 18.1. The molecule has 0 unspecified atom stereocenters. The molecule has 0 spiro atoms. The average molecular weight is 474 g/mol. The van der Waals surface area contributed by atoms with Gasteiger partial charge in [-0.15, -0.1) is 0 Å². The summed E-state index contributed by atoms with van der Waals surface area (Å²) in [5.41, 5.74) is 2.98. The predicted octanol–water partition coefficient (Wildman–Crippen LogP) is 4.02. The highest BCUT2D eigenvalue weighted by Gasteiger charge is 2.19. The molecular weight excluding hydrogens is 454 g/mol. The molecule has 5 aromatic rings. The van der Waals surface area contributed by atoms with Crippen molar-refractivity contribution in [1.82, 2.24) is 14.7 Å². The predicted molar refractivity (Wildman–Crippen MR) is 127 cm³/mol. The molecule has 34 heavy (non-hydrogen) atoms. The van der Waals surface area contributed by atoms with E-state index in [4.69, 9.17) is 9.26 Å². The zero-order valence-corrected chi connectivity index (χ0v) is 18.9. The van der Waals surface area contributed by atoms with Crippen LogP contribution in [-0.2, 0) is 15.6 Å². The van der Waals surface area contributed by atoms with Crippen molar-refractivity contribution in [2.75, 3.05) is 7.11 Å². The Morgan fingerprint density at radius 2 is 1.76 bits per heavy atom. The van der Waals surface area contributed by atoms with Crippen molar-refractivity contribution in [3.05, 3.63) is 101 Å². The fourth-order valence-electron chi connectivity index (χ4n) is 3.84. The molecule has 0 amide bonds. The van der Waals surface area contributed by atoms with Gasteiger partial charge in [0.2, 0.25) is 0 Å². The number of pyridine rings is 2. The molecule has 9 heteroatoms. The van der Waals surface area contributed by atoms with Crippen LogP contribution in [0.5, 0.6) is 5.75 Å².